The van der Waals surface area contributed by atoms with Gasteiger partial charge in [0.15, 0.2) is 11.7 Å². The summed E-state index contributed by atoms with van der Waals surface area (Å²) in [7, 11) is 0. The highest BCUT2D eigenvalue weighted by molar-refractivity contribution is 14.1. The van der Waals surface area contributed by atoms with Crippen LogP contribution in [0.3, 0.4) is 0 Å². The molecule has 0 radical (unpaired) electrons. The smallest absolute Gasteiger partial charge is 0.333 e. The number of rotatable bonds is 12. The molecule has 0 fully saturated rings. The highest BCUT2D eigenvalue weighted by atomic mass is 127. The first-order valence-electron chi connectivity index (χ1n) is 11.4. The van der Waals surface area contributed by atoms with Gasteiger partial charge in [0.1, 0.15) is 18.1 Å². The van der Waals surface area contributed by atoms with Crippen molar-refractivity contribution in [1.29, 1.82) is 0 Å². The van der Waals surface area contributed by atoms with Crippen molar-refractivity contribution >= 4 is 28.6 Å². The van der Waals surface area contributed by atoms with Gasteiger partial charge in [-0.25, -0.2) is 4.79 Å². The van der Waals surface area contributed by atoms with Crippen molar-refractivity contribution in [3.63, 3.8) is 0 Å². The highest BCUT2D eigenvalue weighted by Gasteiger charge is 2.29. The van der Waals surface area contributed by atoms with Gasteiger partial charge < -0.3 is 24.1 Å². The Morgan fingerprint density at radius 3 is 2.68 bits per heavy atom. The van der Waals surface area contributed by atoms with Crippen LogP contribution in [-0.2, 0) is 25.4 Å². The average Bonchev–Trinajstić information content (AvgIpc) is 2.79. The molecule has 1 N–H and O–H groups in total. The molecule has 6 nitrogen and oxygen atoms in total. The fourth-order valence-corrected chi connectivity index (χ4v) is 4.12. The molecule has 1 aliphatic rings. The van der Waals surface area contributed by atoms with Crippen LogP contribution in [0.1, 0.15) is 39.7 Å². The van der Waals surface area contributed by atoms with Gasteiger partial charge in [0, 0.05) is 26.1 Å². The normalized spacial score (nSPS) is 18.5. The maximum atomic E-state index is 11.3. The lowest BCUT2D eigenvalue weighted by Crippen LogP contribution is -2.31. The predicted molar refractivity (Wildman–Crippen MR) is 141 cm³/mol. The predicted octanol–water partition coefficient (Wildman–Crippen LogP) is 5.31. The van der Waals surface area contributed by atoms with Gasteiger partial charge in [0.25, 0.3) is 0 Å². The van der Waals surface area contributed by atoms with E-state index in [1.165, 1.54) is 0 Å². The Labute approximate surface area is 216 Å². The molecule has 0 aliphatic heterocycles. The van der Waals surface area contributed by atoms with Crippen LogP contribution in [0.4, 0.5) is 0 Å². The van der Waals surface area contributed by atoms with Crippen molar-refractivity contribution in [1.82, 2.24) is 0 Å². The molecular formula is C27H33IO6. The largest absolute Gasteiger partial charge is 0.498 e. The molecule has 0 saturated heterocycles. The number of carboxylic acids is 1. The van der Waals surface area contributed by atoms with Crippen molar-refractivity contribution < 1.29 is 28.8 Å². The van der Waals surface area contributed by atoms with Crippen molar-refractivity contribution in [3.05, 3.63) is 63.0 Å². The lowest BCUT2D eigenvalue weighted by molar-refractivity contribution is -0.149. The van der Waals surface area contributed by atoms with Crippen LogP contribution in [0, 0.1) is 15.4 Å². The van der Waals surface area contributed by atoms with Gasteiger partial charge in [-0.3, -0.25) is 0 Å². The molecule has 1 aromatic rings. The Balaban J connectivity index is 2.00. The van der Waals surface area contributed by atoms with Crippen LogP contribution in [0.15, 0.2) is 53.8 Å². The molecule has 0 aromatic heterocycles. The zero-order valence-electron chi connectivity index (χ0n) is 20.2. The third-order valence-electron chi connectivity index (χ3n) is 4.98. The molecule has 0 spiro atoms. The van der Waals surface area contributed by atoms with Gasteiger partial charge in [0.05, 0.1) is 10.2 Å². The van der Waals surface area contributed by atoms with Crippen LogP contribution in [0.5, 0.6) is 5.75 Å². The summed E-state index contributed by atoms with van der Waals surface area (Å²) in [5, 5.41) is 9.28. The second-order valence-corrected chi connectivity index (χ2v) is 8.79. The van der Waals surface area contributed by atoms with Crippen LogP contribution in [0.25, 0.3) is 0 Å². The van der Waals surface area contributed by atoms with E-state index in [2.05, 4.69) is 34.4 Å². The molecule has 184 valence electrons. The average molecular weight is 580 g/mol. The van der Waals surface area contributed by atoms with Crippen molar-refractivity contribution in [2.24, 2.45) is 0 Å². The number of hydrogen-bond donors (Lipinski definition) is 1. The number of aliphatic carboxylic acids is 1. The van der Waals surface area contributed by atoms with Gasteiger partial charge in [-0.15, -0.1) is 0 Å². The van der Waals surface area contributed by atoms with Gasteiger partial charge in [-0.05, 0) is 91.8 Å². The first-order chi connectivity index (χ1) is 16.3. The molecule has 0 saturated carbocycles. The van der Waals surface area contributed by atoms with E-state index in [9.17, 15) is 9.90 Å². The Bertz CT molecular complexity index is 985. The molecule has 2 rings (SSSR count). The van der Waals surface area contributed by atoms with Crippen LogP contribution >= 0.6 is 22.6 Å². The lowest BCUT2D eigenvalue weighted by Gasteiger charge is -2.28. The zero-order chi connectivity index (χ0) is 25.0. The van der Waals surface area contributed by atoms with Crippen LogP contribution in [0.2, 0.25) is 0 Å². The topological polar surface area (TPSA) is 74.2 Å². The summed E-state index contributed by atoms with van der Waals surface area (Å²) in [5.41, 5.74) is 1.08. The summed E-state index contributed by atoms with van der Waals surface area (Å²) in [6, 6.07) is 5.65. The number of benzene rings is 1. The summed E-state index contributed by atoms with van der Waals surface area (Å²) in [4.78, 5) is 11.3. The maximum absolute atomic E-state index is 11.3. The van der Waals surface area contributed by atoms with Gasteiger partial charge >= 0.3 is 5.97 Å². The van der Waals surface area contributed by atoms with Crippen LogP contribution in [-0.4, -0.2) is 49.2 Å². The number of hydrogen-bond acceptors (Lipinski definition) is 5. The number of ether oxygens (including phenoxy) is 4. The van der Waals surface area contributed by atoms with Gasteiger partial charge in [0.2, 0.25) is 0 Å². The first-order valence-corrected chi connectivity index (χ1v) is 12.5. The Hall–Kier alpha value is -2.28. The molecular weight excluding hydrogens is 547 g/mol. The fourth-order valence-electron chi connectivity index (χ4n) is 3.38. The SMILES string of the molecule is CCOC1=CC=CC(C#C/C(C)=C/COc2ccc(C[C@H](OCC)C(=O)O)cc2I)(OCC)C1. The standard InChI is InChI=1S/C27H33IO6/c1-5-31-22-9-8-14-27(19-22,34-7-3)15-12-20(4)13-16-33-24-11-10-21(17-23(24)28)18-25(26(29)30)32-6-2/h8-11,13-14,17,25H,5-7,16,18-19H2,1-4H3,(H,29,30)/b20-13+/t25-,27?/m0/s1. The van der Waals surface area contributed by atoms with Crippen molar-refractivity contribution in [2.45, 2.75) is 52.2 Å². The van der Waals surface area contributed by atoms with Gasteiger partial charge in [-0.2, -0.15) is 0 Å². The number of carbonyl (C=O) groups is 1. The maximum Gasteiger partial charge on any atom is 0.333 e. The molecule has 2 atom stereocenters. The molecule has 0 bridgehead atoms. The molecule has 0 amide bonds. The fraction of sp³-hybridized carbons (Fsp3) is 0.444. The number of allylic oxidation sites excluding steroid dienone is 3. The highest BCUT2D eigenvalue weighted by Crippen LogP contribution is 2.27. The second kappa shape index (κ2) is 14.2. The van der Waals surface area contributed by atoms with E-state index in [4.69, 9.17) is 18.9 Å². The minimum atomic E-state index is -0.959. The number of carboxylic acid groups (broad SMARTS) is 1. The third kappa shape index (κ3) is 8.82. The number of halogens is 1. The van der Waals surface area contributed by atoms with E-state index in [1.54, 1.807) is 6.92 Å². The van der Waals surface area contributed by atoms with E-state index in [0.29, 0.717) is 39.3 Å². The van der Waals surface area contributed by atoms with Crippen molar-refractivity contribution in [2.75, 3.05) is 26.4 Å². The molecule has 1 aliphatic carbocycles. The summed E-state index contributed by atoms with van der Waals surface area (Å²) in [5.74, 6) is 7.10. The Kier molecular flexibility index (Phi) is 11.7. The zero-order valence-corrected chi connectivity index (χ0v) is 22.4. The van der Waals surface area contributed by atoms with E-state index in [-0.39, 0.29) is 0 Å². The van der Waals surface area contributed by atoms with E-state index < -0.39 is 17.7 Å². The summed E-state index contributed by atoms with van der Waals surface area (Å²) in [6.45, 7) is 9.53. The lowest BCUT2D eigenvalue weighted by atomic mass is 9.93. The van der Waals surface area contributed by atoms with E-state index in [1.807, 2.05) is 63.3 Å². The Morgan fingerprint density at radius 1 is 1.24 bits per heavy atom. The minimum Gasteiger partial charge on any atom is -0.498 e. The minimum absolute atomic E-state index is 0.310. The molecule has 1 unspecified atom stereocenters. The molecule has 0 heterocycles. The van der Waals surface area contributed by atoms with E-state index in [0.717, 1.165) is 26.2 Å². The monoisotopic (exact) mass is 580 g/mol. The quantitative estimate of drug-likeness (QED) is 0.267. The summed E-state index contributed by atoms with van der Waals surface area (Å²) < 4.78 is 23.7. The van der Waals surface area contributed by atoms with E-state index >= 15 is 0 Å². The first kappa shape index (κ1) is 28.0. The van der Waals surface area contributed by atoms with Crippen molar-refractivity contribution in [3.8, 4) is 17.6 Å². The second-order valence-electron chi connectivity index (χ2n) is 7.62. The molecule has 1 aromatic carbocycles. The van der Waals surface area contributed by atoms with Gasteiger partial charge in [-0.1, -0.05) is 24.0 Å². The summed E-state index contributed by atoms with van der Waals surface area (Å²) in [6.07, 6.45) is 7.82. The molecule has 7 heteroatoms. The van der Waals surface area contributed by atoms with Crippen LogP contribution < -0.4 is 4.74 Å². The molecule has 34 heavy (non-hydrogen) atoms. The summed E-state index contributed by atoms with van der Waals surface area (Å²) >= 11 is 2.19. The third-order valence-corrected chi connectivity index (χ3v) is 5.82. The Morgan fingerprint density at radius 2 is 2.03 bits per heavy atom.